The SMILES string of the molecule is C[C@@H](NC(=O)c1ccc(Oc2ccccc2)cc1)[C@@H](c1ccccc1)N1CCOCC1. The van der Waals surface area contributed by atoms with E-state index in [9.17, 15) is 4.79 Å². The van der Waals surface area contributed by atoms with Gasteiger partial charge in [0.05, 0.1) is 19.3 Å². The molecule has 1 fully saturated rings. The van der Waals surface area contributed by atoms with Crippen molar-refractivity contribution in [3.05, 3.63) is 96.1 Å². The fourth-order valence-corrected chi connectivity index (χ4v) is 3.99. The highest BCUT2D eigenvalue weighted by Gasteiger charge is 2.28. The molecular formula is C26H28N2O3. The van der Waals surface area contributed by atoms with E-state index in [2.05, 4.69) is 29.3 Å². The first-order valence-corrected chi connectivity index (χ1v) is 10.7. The van der Waals surface area contributed by atoms with Crippen LogP contribution in [0.3, 0.4) is 0 Å². The standard InChI is InChI=1S/C26H28N2O3/c1-20(25(21-8-4-2-5-9-21)28-16-18-30-19-17-28)27-26(29)22-12-14-24(15-13-22)31-23-10-6-3-7-11-23/h2-15,20,25H,16-19H2,1H3,(H,27,29)/t20-,25+/m1/s1. The number of amides is 1. The molecule has 2 atom stereocenters. The summed E-state index contributed by atoms with van der Waals surface area (Å²) < 4.78 is 11.3. The number of para-hydroxylation sites is 1. The van der Waals surface area contributed by atoms with E-state index in [1.807, 2.05) is 60.7 Å². The van der Waals surface area contributed by atoms with Crippen LogP contribution in [0, 0.1) is 0 Å². The number of rotatable bonds is 7. The molecule has 1 saturated heterocycles. The molecule has 4 rings (SSSR count). The molecule has 1 amide bonds. The van der Waals surface area contributed by atoms with E-state index in [0.717, 1.165) is 18.8 Å². The number of hydrogen-bond donors (Lipinski definition) is 1. The lowest BCUT2D eigenvalue weighted by Gasteiger charge is -2.38. The maximum atomic E-state index is 12.9. The molecule has 0 radical (unpaired) electrons. The zero-order valence-corrected chi connectivity index (χ0v) is 17.7. The lowest BCUT2D eigenvalue weighted by Crippen LogP contribution is -2.48. The van der Waals surface area contributed by atoms with Gasteiger partial charge in [-0.05, 0) is 48.9 Å². The summed E-state index contributed by atoms with van der Waals surface area (Å²) >= 11 is 0. The Labute approximate surface area is 183 Å². The molecule has 5 nitrogen and oxygen atoms in total. The molecule has 0 aliphatic carbocycles. The number of hydrogen-bond acceptors (Lipinski definition) is 4. The topological polar surface area (TPSA) is 50.8 Å². The Kier molecular flexibility index (Phi) is 6.97. The molecule has 1 heterocycles. The van der Waals surface area contributed by atoms with Crippen LogP contribution in [0.25, 0.3) is 0 Å². The van der Waals surface area contributed by atoms with Crippen molar-refractivity contribution in [1.29, 1.82) is 0 Å². The predicted molar refractivity (Wildman–Crippen MR) is 121 cm³/mol. The van der Waals surface area contributed by atoms with Crippen molar-refractivity contribution in [2.75, 3.05) is 26.3 Å². The van der Waals surface area contributed by atoms with E-state index in [1.165, 1.54) is 5.56 Å². The predicted octanol–water partition coefficient (Wildman–Crippen LogP) is 4.67. The van der Waals surface area contributed by atoms with E-state index in [4.69, 9.17) is 9.47 Å². The molecule has 5 heteroatoms. The second-order valence-corrected chi connectivity index (χ2v) is 7.71. The Bertz CT molecular complexity index is 955. The van der Waals surface area contributed by atoms with Gasteiger partial charge in [-0.1, -0.05) is 48.5 Å². The van der Waals surface area contributed by atoms with E-state index in [0.29, 0.717) is 24.5 Å². The van der Waals surface area contributed by atoms with Crippen molar-refractivity contribution < 1.29 is 14.3 Å². The molecule has 1 aliphatic rings. The number of ether oxygens (including phenoxy) is 2. The van der Waals surface area contributed by atoms with Gasteiger partial charge in [0.25, 0.3) is 5.91 Å². The Morgan fingerprint density at radius 3 is 2.10 bits per heavy atom. The highest BCUT2D eigenvalue weighted by atomic mass is 16.5. The molecule has 0 aromatic heterocycles. The summed E-state index contributed by atoms with van der Waals surface area (Å²) in [5, 5.41) is 3.20. The average molecular weight is 417 g/mol. The van der Waals surface area contributed by atoms with Crippen LogP contribution in [0.4, 0.5) is 0 Å². The third kappa shape index (κ3) is 5.51. The van der Waals surface area contributed by atoms with Crippen LogP contribution in [-0.4, -0.2) is 43.2 Å². The highest BCUT2D eigenvalue weighted by molar-refractivity contribution is 5.94. The van der Waals surface area contributed by atoms with Gasteiger partial charge < -0.3 is 14.8 Å². The summed E-state index contributed by atoms with van der Waals surface area (Å²) in [6.45, 7) is 5.20. The third-order valence-electron chi connectivity index (χ3n) is 5.51. The van der Waals surface area contributed by atoms with Crippen molar-refractivity contribution in [2.24, 2.45) is 0 Å². The van der Waals surface area contributed by atoms with Crippen LogP contribution in [0.15, 0.2) is 84.9 Å². The third-order valence-corrected chi connectivity index (χ3v) is 5.51. The van der Waals surface area contributed by atoms with Crippen LogP contribution in [0.5, 0.6) is 11.5 Å². The number of carbonyl (C=O) groups excluding carboxylic acids is 1. The maximum Gasteiger partial charge on any atom is 0.251 e. The number of nitrogens with one attached hydrogen (secondary N) is 1. The maximum absolute atomic E-state index is 12.9. The fraction of sp³-hybridized carbons (Fsp3) is 0.269. The first kappa shape index (κ1) is 21.1. The minimum absolute atomic E-state index is 0.0618. The van der Waals surface area contributed by atoms with Gasteiger partial charge >= 0.3 is 0 Å². The molecule has 3 aromatic rings. The fourth-order valence-electron chi connectivity index (χ4n) is 3.99. The summed E-state index contributed by atoms with van der Waals surface area (Å²) in [7, 11) is 0. The highest BCUT2D eigenvalue weighted by Crippen LogP contribution is 2.26. The lowest BCUT2D eigenvalue weighted by atomic mass is 9.97. The van der Waals surface area contributed by atoms with Gasteiger partial charge in [-0.15, -0.1) is 0 Å². The summed E-state index contributed by atoms with van der Waals surface area (Å²) in [6, 6.07) is 27.2. The molecular weight excluding hydrogens is 388 g/mol. The number of carbonyl (C=O) groups is 1. The van der Waals surface area contributed by atoms with E-state index < -0.39 is 0 Å². The quantitative estimate of drug-likeness (QED) is 0.608. The van der Waals surface area contributed by atoms with Gasteiger partial charge in [-0.3, -0.25) is 9.69 Å². The lowest BCUT2D eigenvalue weighted by molar-refractivity contribution is 0.00888. The van der Waals surface area contributed by atoms with Crippen molar-refractivity contribution in [3.63, 3.8) is 0 Å². The van der Waals surface area contributed by atoms with Crippen molar-refractivity contribution >= 4 is 5.91 Å². The summed E-state index contributed by atoms with van der Waals surface area (Å²) in [5.41, 5.74) is 1.81. The summed E-state index contributed by atoms with van der Waals surface area (Å²) in [4.78, 5) is 15.3. The average Bonchev–Trinajstić information content (AvgIpc) is 2.82. The van der Waals surface area contributed by atoms with Crippen LogP contribution < -0.4 is 10.1 Å². The zero-order chi connectivity index (χ0) is 21.5. The second-order valence-electron chi connectivity index (χ2n) is 7.71. The molecule has 0 saturated carbocycles. The van der Waals surface area contributed by atoms with Gasteiger partial charge in [0.2, 0.25) is 0 Å². The van der Waals surface area contributed by atoms with Crippen LogP contribution in [0.1, 0.15) is 28.9 Å². The normalized spacial score (nSPS) is 16.3. The molecule has 31 heavy (non-hydrogen) atoms. The van der Waals surface area contributed by atoms with Crippen molar-refractivity contribution in [3.8, 4) is 11.5 Å². The Hall–Kier alpha value is -3.15. The Balaban J connectivity index is 1.44. The zero-order valence-electron chi connectivity index (χ0n) is 17.7. The Morgan fingerprint density at radius 2 is 1.45 bits per heavy atom. The molecule has 160 valence electrons. The minimum Gasteiger partial charge on any atom is -0.457 e. The number of benzene rings is 3. The van der Waals surface area contributed by atoms with E-state index >= 15 is 0 Å². The largest absolute Gasteiger partial charge is 0.457 e. The summed E-state index contributed by atoms with van der Waals surface area (Å²) in [6.07, 6.45) is 0. The van der Waals surface area contributed by atoms with Gasteiger partial charge in [0, 0.05) is 24.7 Å². The first-order chi connectivity index (χ1) is 15.2. The molecule has 0 spiro atoms. The van der Waals surface area contributed by atoms with E-state index in [-0.39, 0.29) is 18.0 Å². The van der Waals surface area contributed by atoms with Crippen molar-refractivity contribution in [2.45, 2.75) is 19.0 Å². The van der Waals surface area contributed by atoms with Gasteiger partial charge in [0.1, 0.15) is 11.5 Å². The smallest absolute Gasteiger partial charge is 0.251 e. The first-order valence-electron chi connectivity index (χ1n) is 10.7. The number of morpholine rings is 1. The molecule has 3 aromatic carbocycles. The molecule has 1 N–H and O–H groups in total. The summed E-state index contributed by atoms with van der Waals surface area (Å²) in [5.74, 6) is 1.38. The van der Waals surface area contributed by atoms with Gasteiger partial charge in [0.15, 0.2) is 0 Å². The minimum atomic E-state index is -0.0899. The van der Waals surface area contributed by atoms with Crippen LogP contribution in [0.2, 0.25) is 0 Å². The monoisotopic (exact) mass is 416 g/mol. The molecule has 1 aliphatic heterocycles. The van der Waals surface area contributed by atoms with Crippen LogP contribution >= 0.6 is 0 Å². The van der Waals surface area contributed by atoms with Crippen LogP contribution in [-0.2, 0) is 4.74 Å². The van der Waals surface area contributed by atoms with Crippen molar-refractivity contribution in [1.82, 2.24) is 10.2 Å². The molecule has 0 unspecified atom stereocenters. The second kappa shape index (κ2) is 10.2. The van der Waals surface area contributed by atoms with E-state index in [1.54, 1.807) is 12.1 Å². The number of nitrogens with zero attached hydrogens (tertiary/aromatic N) is 1. The molecule has 0 bridgehead atoms. The Morgan fingerprint density at radius 1 is 0.871 bits per heavy atom. The van der Waals surface area contributed by atoms with Gasteiger partial charge in [-0.2, -0.15) is 0 Å². The van der Waals surface area contributed by atoms with Gasteiger partial charge in [-0.25, -0.2) is 0 Å².